The first-order valence-corrected chi connectivity index (χ1v) is 10.2. The molecule has 0 saturated carbocycles. The predicted molar refractivity (Wildman–Crippen MR) is 113 cm³/mol. The molecule has 0 bridgehead atoms. The van der Waals surface area contributed by atoms with Crippen LogP contribution in [0.3, 0.4) is 0 Å². The third-order valence-corrected chi connectivity index (χ3v) is 5.46. The minimum atomic E-state index is -0.271. The Kier molecular flexibility index (Phi) is 5.24. The Hall–Kier alpha value is -2.92. The summed E-state index contributed by atoms with van der Waals surface area (Å²) >= 11 is 0. The van der Waals surface area contributed by atoms with Gasteiger partial charge in [0.15, 0.2) is 0 Å². The summed E-state index contributed by atoms with van der Waals surface area (Å²) in [7, 11) is 0. The van der Waals surface area contributed by atoms with E-state index < -0.39 is 0 Å². The van der Waals surface area contributed by atoms with Crippen LogP contribution in [0.2, 0.25) is 0 Å². The lowest BCUT2D eigenvalue weighted by Gasteiger charge is -2.37. The van der Waals surface area contributed by atoms with Gasteiger partial charge in [0.25, 0.3) is 11.8 Å². The molecule has 2 aromatic carbocycles. The molecule has 1 saturated heterocycles. The number of rotatable bonds is 4. The number of carbonyl (C=O) groups is 2. The lowest BCUT2D eigenvalue weighted by molar-refractivity contribution is -0.121. The van der Waals surface area contributed by atoms with Gasteiger partial charge in [0, 0.05) is 13.1 Å². The van der Waals surface area contributed by atoms with Crippen LogP contribution < -0.4 is 4.90 Å². The molecule has 0 radical (unpaired) electrons. The zero-order valence-electron chi connectivity index (χ0n) is 17.1. The third kappa shape index (κ3) is 3.58. The fraction of sp³-hybridized carbons (Fsp3) is 0.333. The van der Waals surface area contributed by atoms with Crippen molar-refractivity contribution in [2.45, 2.75) is 39.4 Å². The fourth-order valence-electron chi connectivity index (χ4n) is 4.15. The highest BCUT2D eigenvalue weighted by molar-refractivity contribution is 6.45. The van der Waals surface area contributed by atoms with E-state index in [1.54, 1.807) is 0 Å². The minimum Gasteiger partial charge on any atom is -0.372 e. The van der Waals surface area contributed by atoms with E-state index in [0.717, 1.165) is 12.0 Å². The van der Waals surface area contributed by atoms with Crippen LogP contribution in [0.25, 0.3) is 5.57 Å². The average molecular weight is 390 g/mol. The SMILES string of the molecule is CCc1ccc(N2C(=O)C(c3ccccc3)=C(N3CC(C)OC(C)C3)C2=O)cc1. The number of carbonyl (C=O) groups excluding carboxylic acids is 2. The topological polar surface area (TPSA) is 49.9 Å². The third-order valence-electron chi connectivity index (χ3n) is 5.46. The van der Waals surface area contributed by atoms with E-state index in [2.05, 4.69) is 6.92 Å². The van der Waals surface area contributed by atoms with Gasteiger partial charge in [0.2, 0.25) is 0 Å². The second-order valence-corrected chi connectivity index (χ2v) is 7.72. The molecule has 2 aliphatic heterocycles. The standard InChI is InChI=1S/C24H26N2O3/c1-4-18-10-12-20(13-11-18)26-23(27)21(19-8-6-5-7-9-19)22(24(26)28)25-14-16(2)29-17(3)15-25/h5-13,16-17H,4,14-15H2,1-3H3. The zero-order valence-corrected chi connectivity index (χ0v) is 17.1. The van der Waals surface area contributed by atoms with Gasteiger partial charge in [-0.05, 0) is 43.5 Å². The van der Waals surface area contributed by atoms with E-state index in [9.17, 15) is 9.59 Å². The van der Waals surface area contributed by atoms with Crippen molar-refractivity contribution in [3.05, 3.63) is 71.4 Å². The van der Waals surface area contributed by atoms with Gasteiger partial charge in [0.1, 0.15) is 5.70 Å². The lowest BCUT2D eigenvalue weighted by atomic mass is 10.0. The van der Waals surface area contributed by atoms with Crippen LogP contribution in [0, 0.1) is 0 Å². The molecule has 4 rings (SSSR count). The van der Waals surface area contributed by atoms with Crippen molar-refractivity contribution < 1.29 is 14.3 Å². The van der Waals surface area contributed by atoms with Gasteiger partial charge >= 0.3 is 0 Å². The van der Waals surface area contributed by atoms with E-state index in [1.807, 2.05) is 73.3 Å². The maximum absolute atomic E-state index is 13.5. The summed E-state index contributed by atoms with van der Waals surface area (Å²) in [5.74, 6) is -0.536. The Labute approximate surface area is 171 Å². The van der Waals surface area contributed by atoms with Gasteiger partial charge in [-0.2, -0.15) is 0 Å². The number of aryl methyl sites for hydroxylation is 1. The number of morpholine rings is 1. The molecule has 2 amide bonds. The van der Waals surface area contributed by atoms with Crippen molar-refractivity contribution in [2.24, 2.45) is 0 Å². The van der Waals surface area contributed by atoms with Crippen molar-refractivity contribution in [3.63, 3.8) is 0 Å². The molecular weight excluding hydrogens is 364 g/mol. The maximum atomic E-state index is 13.5. The second kappa shape index (κ2) is 7.84. The van der Waals surface area contributed by atoms with Gasteiger partial charge in [-0.1, -0.05) is 49.4 Å². The summed E-state index contributed by atoms with van der Waals surface area (Å²) in [6, 6.07) is 17.1. The molecule has 150 valence electrons. The Balaban J connectivity index is 1.79. The van der Waals surface area contributed by atoms with E-state index >= 15 is 0 Å². The summed E-state index contributed by atoms with van der Waals surface area (Å²) in [6.45, 7) is 7.23. The molecule has 0 spiro atoms. The van der Waals surface area contributed by atoms with Crippen molar-refractivity contribution in [1.29, 1.82) is 0 Å². The molecule has 2 atom stereocenters. The minimum absolute atomic E-state index is 0.0101. The summed E-state index contributed by atoms with van der Waals surface area (Å²) in [5, 5.41) is 0. The number of anilines is 1. The van der Waals surface area contributed by atoms with E-state index in [1.165, 1.54) is 10.5 Å². The summed E-state index contributed by atoms with van der Waals surface area (Å²) in [5.41, 5.74) is 3.48. The number of nitrogens with zero attached hydrogens (tertiary/aromatic N) is 2. The first kappa shape index (κ1) is 19.4. The Morgan fingerprint density at radius 2 is 1.52 bits per heavy atom. The number of benzene rings is 2. The highest BCUT2D eigenvalue weighted by atomic mass is 16.5. The fourth-order valence-corrected chi connectivity index (χ4v) is 4.15. The smallest absolute Gasteiger partial charge is 0.282 e. The van der Waals surface area contributed by atoms with Gasteiger partial charge in [-0.3, -0.25) is 9.59 Å². The lowest BCUT2D eigenvalue weighted by Crippen LogP contribution is -2.47. The maximum Gasteiger partial charge on any atom is 0.282 e. The van der Waals surface area contributed by atoms with Gasteiger partial charge in [0.05, 0.1) is 23.5 Å². The monoisotopic (exact) mass is 390 g/mol. The van der Waals surface area contributed by atoms with Crippen LogP contribution in [0.4, 0.5) is 5.69 Å². The van der Waals surface area contributed by atoms with Gasteiger partial charge in [-0.25, -0.2) is 4.90 Å². The van der Waals surface area contributed by atoms with Gasteiger partial charge < -0.3 is 9.64 Å². The largest absolute Gasteiger partial charge is 0.372 e. The van der Waals surface area contributed by atoms with Crippen LogP contribution in [0.15, 0.2) is 60.3 Å². The molecule has 2 aromatic rings. The molecule has 1 fully saturated rings. The van der Waals surface area contributed by atoms with E-state index in [4.69, 9.17) is 4.74 Å². The predicted octanol–water partition coefficient (Wildman–Crippen LogP) is 3.64. The quantitative estimate of drug-likeness (QED) is 0.748. The van der Waals surface area contributed by atoms with Crippen molar-refractivity contribution in [3.8, 4) is 0 Å². The average Bonchev–Trinajstić information content (AvgIpc) is 2.98. The van der Waals surface area contributed by atoms with Crippen LogP contribution in [0.1, 0.15) is 31.9 Å². The molecule has 29 heavy (non-hydrogen) atoms. The number of imide groups is 1. The van der Waals surface area contributed by atoms with Crippen LogP contribution in [-0.4, -0.2) is 42.0 Å². The summed E-state index contributed by atoms with van der Waals surface area (Å²) < 4.78 is 5.84. The molecule has 5 nitrogen and oxygen atoms in total. The molecule has 0 aliphatic carbocycles. The molecule has 0 N–H and O–H groups in total. The van der Waals surface area contributed by atoms with Crippen molar-refractivity contribution >= 4 is 23.1 Å². The van der Waals surface area contributed by atoms with Crippen LogP contribution >= 0.6 is 0 Å². The summed E-state index contributed by atoms with van der Waals surface area (Å²) in [4.78, 5) is 30.3. The van der Waals surface area contributed by atoms with Crippen molar-refractivity contribution in [2.75, 3.05) is 18.0 Å². The molecule has 2 unspecified atom stereocenters. The first-order valence-electron chi connectivity index (χ1n) is 10.2. The number of hydrogen-bond acceptors (Lipinski definition) is 4. The number of amides is 2. The number of ether oxygens (including phenoxy) is 1. The van der Waals surface area contributed by atoms with E-state index in [0.29, 0.717) is 30.0 Å². The highest BCUT2D eigenvalue weighted by Gasteiger charge is 2.43. The normalized spacial score (nSPS) is 22.6. The number of hydrogen-bond donors (Lipinski definition) is 0. The van der Waals surface area contributed by atoms with Crippen LogP contribution in [0.5, 0.6) is 0 Å². The highest BCUT2D eigenvalue weighted by Crippen LogP contribution is 2.35. The second-order valence-electron chi connectivity index (χ2n) is 7.72. The molecule has 2 aliphatic rings. The molecule has 2 heterocycles. The van der Waals surface area contributed by atoms with Crippen LogP contribution in [-0.2, 0) is 20.7 Å². The Morgan fingerprint density at radius 3 is 2.10 bits per heavy atom. The molecule has 0 aromatic heterocycles. The van der Waals surface area contributed by atoms with Gasteiger partial charge in [-0.15, -0.1) is 0 Å². The summed E-state index contributed by atoms with van der Waals surface area (Å²) in [6.07, 6.45) is 0.887. The van der Waals surface area contributed by atoms with Crippen molar-refractivity contribution in [1.82, 2.24) is 4.90 Å². The zero-order chi connectivity index (χ0) is 20.5. The molecule has 5 heteroatoms. The Morgan fingerprint density at radius 1 is 0.897 bits per heavy atom. The first-order chi connectivity index (χ1) is 14.0. The molecular formula is C24H26N2O3. The van der Waals surface area contributed by atoms with E-state index in [-0.39, 0.29) is 24.0 Å². The Bertz CT molecular complexity index is 940.